The summed E-state index contributed by atoms with van der Waals surface area (Å²) in [5, 5.41) is 18.8. The minimum Gasteiger partial charge on any atom is -0.393 e. The Balaban J connectivity index is 1.96. The smallest absolute Gasteiger partial charge is 0.0596 e. The Hall–Kier alpha value is -0.0800. The van der Waals surface area contributed by atoms with E-state index in [1.807, 2.05) is 0 Å². The van der Waals surface area contributed by atoms with Crippen molar-refractivity contribution >= 4 is 0 Å². The van der Waals surface area contributed by atoms with Crippen LogP contribution in [0.4, 0.5) is 0 Å². The van der Waals surface area contributed by atoms with Gasteiger partial charge in [-0.2, -0.15) is 0 Å². The molecule has 0 aliphatic heterocycles. The van der Waals surface area contributed by atoms with Crippen molar-refractivity contribution in [3.05, 3.63) is 0 Å². The summed E-state index contributed by atoms with van der Waals surface area (Å²) in [6, 6.07) is 0. The monoisotopic (exact) mass is 156 g/mol. The van der Waals surface area contributed by atoms with Gasteiger partial charge in [0.05, 0.1) is 12.2 Å². The van der Waals surface area contributed by atoms with Gasteiger partial charge in [0, 0.05) is 0 Å². The Kier molecular flexibility index (Phi) is 1.69. The zero-order valence-corrected chi connectivity index (χ0v) is 6.79. The molecule has 2 saturated carbocycles. The van der Waals surface area contributed by atoms with E-state index in [0.717, 1.165) is 32.1 Å². The van der Waals surface area contributed by atoms with Gasteiger partial charge >= 0.3 is 0 Å². The number of aliphatic hydroxyl groups is 2. The van der Waals surface area contributed by atoms with Crippen LogP contribution in [0.3, 0.4) is 0 Å². The Morgan fingerprint density at radius 3 is 1.82 bits per heavy atom. The second-order valence-corrected chi connectivity index (χ2v) is 4.15. The van der Waals surface area contributed by atoms with Crippen LogP contribution < -0.4 is 0 Å². The second-order valence-electron chi connectivity index (χ2n) is 4.15. The van der Waals surface area contributed by atoms with E-state index in [9.17, 15) is 10.2 Å². The third-order valence-electron chi connectivity index (χ3n) is 3.57. The lowest BCUT2D eigenvalue weighted by atomic mass is 9.58. The van der Waals surface area contributed by atoms with Crippen molar-refractivity contribution in [1.82, 2.24) is 0 Å². The molecule has 0 aromatic heterocycles. The summed E-state index contributed by atoms with van der Waals surface area (Å²) in [6.07, 6.45) is 5.89. The number of hydrogen-bond acceptors (Lipinski definition) is 2. The fraction of sp³-hybridized carbons (Fsp3) is 1.00. The lowest BCUT2D eigenvalue weighted by Gasteiger charge is -2.50. The van der Waals surface area contributed by atoms with Crippen LogP contribution in [0.15, 0.2) is 0 Å². The molecule has 2 aliphatic rings. The molecular weight excluding hydrogens is 140 g/mol. The van der Waals surface area contributed by atoms with Gasteiger partial charge in [0.2, 0.25) is 0 Å². The minimum absolute atomic E-state index is 0.0602. The van der Waals surface area contributed by atoms with E-state index in [2.05, 4.69) is 0 Å². The molecule has 0 aromatic carbocycles. The van der Waals surface area contributed by atoms with Crippen LogP contribution in [0.1, 0.15) is 38.5 Å². The molecule has 0 radical (unpaired) electrons. The maximum atomic E-state index is 9.53. The van der Waals surface area contributed by atoms with Crippen molar-refractivity contribution < 1.29 is 10.2 Å². The highest BCUT2D eigenvalue weighted by molar-refractivity contribution is 4.98. The molecule has 2 N–H and O–H groups in total. The van der Waals surface area contributed by atoms with Crippen molar-refractivity contribution in [3.63, 3.8) is 0 Å². The fourth-order valence-electron chi connectivity index (χ4n) is 2.44. The van der Waals surface area contributed by atoms with Crippen LogP contribution in [0.2, 0.25) is 0 Å². The molecule has 2 aliphatic carbocycles. The first-order valence-corrected chi connectivity index (χ1v) is 4.59. The van der Waals surface area contributed by atoms with Crippen LogP contribution in [-0.4, -0.2) is 22.4 Å². The summed E-state index contributed by atoms with van der Waals surface area (Å²) in [4.78, 5) is 0. The molecule has 1 unspecified atom stereocenters. The molecule has 0 amide bonds. The van der Waals surface area contributed by atoms with Crippen molar-refractivity contribution in [2.75, 3.05) is 0 Å². The standard InChI is InChI=1S/C9H16O2/c10-7-1-4-9(5-2-7)6-3-8(9)11/h7-8,10-11H,1-6H2. The van der Waals surface area contributed by atoms with Crippen LogP contribution in [0.25, 0.3) is 0 Å². The third-order valence-corrected chi connectivity index (χ3v) is 3.57. The molecule has 0 bridgehead atoms. The van der Waals surface area contributed by atoms with Crippen LogP contribution in [-0.2, 0) is 0 Å². The van der Waals surface area contributed by atoms with Gasteiger partial charge in [0.25, 0.3) is 0 Å². The molecule has 11 heavy (non-hydrogen) atoms. The topological polar surface area (TPSA) is 40.5 Å². The van der Waals surface area contributed by atoms with Crippen LogP contribution >= 0.6 is 0 Å². The van der Waals surface area contributed by atoms with E-state index in [0.29, 0.717) is 0 Å². The highest BCUT2D eigenvalue weighted by Gasteiger charge is 2.47. The molecule has 2 fully saturated rings. The summed E-state index contributed by atoms with van der Waals surface area (Å²) < 4.78 is 0. The van der Waals surface area contributed by atoms with Gasteiger partial charge < -0.3 is 10.2 Å². The Morgan fingerprint density at radius 1 is 0.909 bits per heavy atom. The molecule has 2 nitrogen and oxygen atoms in total. The zero-order valence-electron chi connectivity index (χ0n) is 6.79. The quantitative estimate of drug-likeness (QED) is 0.550. The number of aliphatic hydroxyl groups excluding tert-OH is 2. The number of hydrogen-bond donors (Lipinski definition) is 2. The fourth-order valence-corrected chi connectivity index (χ4v) is 2.44. The van der Waals surface area contributed by atoms with E-state index in [-0.39, 0.29) is 17.6 Å². The molecule has 1 atom stereocenters. The van der Waals surface area contributed by atoms with Crippen molar-refractivity contribution in [2.45, 2.75) is 50.7 Å². The predicted molar refractivity (Wildman–Crippen MR) is 42.1 cm³/mol. The van der Waals surface area contributed by atoms with Gasteiger partial charge in [-0.3, -0.25) is 0 Å². The lowest BCUT2D eigenvalue weighted by Crippen LogP contribution is -2.47. The first-order valence-electron chi connectivity index (χ1n) is 4.59. The first kappa shape index (κ1) is 7.56. The summed E-state index contributed by atoms with van der Waals surface area (Å²) in [6.45, 7) is 0. The molecule has 1 spiro atoms. The summed E-state index contributed by atoms with van der Waals surface area (Å²) >= 11 is 0. The lowest BCUT2D eigenvalue weighted by molar-refractivity contribution is -0.103. The maximum Gasteiger partial charge on any atom is 0.0596 e. The first-order chi connectivity index (χ1) is 5.23. The van der Waals surface area contributed by atoms with E-state index >= 15 is 0 Å². The van der Waals surface area contributed by atoms with Gasteiger partial charge in [-0.25, -0.2) is 0 Å². The van der Waals surface area contributed by atoms with E-state index in [1.54, 1.807) is 0 Å². The molecular formula is C9H16O2. The Bertz CT molecular complexity index is 148. The predicted octanol–water partition coefficient (Wildman–Crippen LogP) is 1.06. The highest BCUT2D eigenvalue weighted by Crippen LogP contribution is 2.51. The number of rotatable bonds is 0. The Labute approximate surface area is 67.2 Å². The summed E-state index contributed by atoms with van der Waals surface area (Å²) in [5.41, 5.74) is 0.235. The van der Waals surface area contributed by atoms with Gasteiger partial charge in [0.15, 0.2) is 0 Å². The summed E-state index contributed by atoms with van der Waals surface area (Å²) in [7, 11) is 0. The molecule has 0 heterocycles. The van der Waals surface area contributed by atoms with Crippen LogP contribution in [0, 0.1) is 5.41 Å². The average molecular weight is 156 g/mol. The van der Waals surface area contributed by atoms with Crippen molar-refractivity contribution in [2.24, 2.45) is 5.41 Å². The van der Waals surface area contributed by atoms with Gasteiger partial charge in [-0.1, -0.05) is 0 Å². The molecule has 2 heteroatoms. The van der Waals surface area contributed by atoms with E-state index < -0.39 is 0 Å². The second kappa shape index (κ2) is 2.46. The largest absolute Gasteiger partial charge is 0.393 e. The minimum atomic E-state index is -0.0894. The van der Waals surface area contributed by atoms with Gasteiger partial charge in [-0.15, -0.1) is 0 Å². The highest BCUT2D eigenvalue weighted by atomic mass is 16.3. The van der Waals surface area contributed by atoms with E-state index in [1.165, 1.54) is 6.42 Å². The molecule has 64 valence electrons. The Morgan fingerprint density at radius 2 is 1.45 bits per heavy atom. The zero-order chi connectivity index (χ0) is 7.90. The van der Waals surface area contributed by atoms with E-state index in [4.69, 9.17) is 0 Å². The maximum absolute atomic E-state index is 9.53. The third kappa shape index (κ3) is 1.09. The van der Waals surface area contributed by atoms with Gasteiger partial charge in [-0.05, 0) is 43.9 Å². The van der Waals surface area contributed by atoms with Crippen LogP contribution in [0.5, 0.6) is 0 Å². The molecule has 0 saturated heterocycles. The SMILES string of the molecule is OC1CCC2(CC1)CCC2O. The van der Waals surface area contributed by atoms with Crippen molar-refractivity contribution in [3.8, 4) is 0 Å². The van der Waals surface area contributed by atoms with Crippen molar-refractivity contribution in [1.29, 1.82) is 0 Å². The molecule has 2 rings (SSSR count). The average Bonchev–Trinajstić information content (AvgIpc) is 2.03. The normalized spacial score (nSPS) is 50.7. The molecule has 0 aromatic rings. The summed E-state index contributed by atoms with van der Waals surface area (Å²) in [5.74, 6) is 0. The van der Waals surface area contributed by atoms with Gasteiger partial charge in [0.1, 0.15) is 0 Å².